The number of amides is 1. The van der Waals surface area contributed by atoms with Gasteiger partial charge >= 0.3 is 0 Å². The van der Waals surface area contributed by atoms with Crippen molar-refractivity contribution < 1.29 is 18.0 Å². The van der Waals surface area contributed by atoms with Crippen molar-refractivity contribution in [1.82, 2.24) is 0 Å². The Morgan fingerprint density at radius 3 is 2.54 bits per heavy atom. The number of benzene rings is 2. The topological polar surface area (TPSA) is 33.5 Å². The molecule has 1 aliphatic rings. The predicted molar refractivity (Wildman–Crippen MR) is 111 cm³/mol. The summed E-state index contributed by atoms with van der Waals surface area (Å²) >= 11 is 12.2. The van der Waals surface area contributed by atoms with Gasteiger partial charge in [-0.15, -0.1) is 0 Å². The summed E-state index contributed by atoms with van der Waals surface area (Å²) in [6, 6.07) is 13.2. The van der Waals surface area contributed by atoms with Gasteiger partial charge in [-0.1, -0.05) is 35.6 Å². The summed E-state index contributed by atoms with van der Waals surface area (Å²) < 4.78 is 32.5. The van der Waals surface area contributed by atoms with Crippen molar-refractivity contribution in [3.05, 3.63) is 81.9 Å². The Morgan fingerprint density at radius 1 is 1.07 bits per heavy atom. The molecule has 1 saturated heterocycles. The quantitative estimate of drug-likeness (QED) is 0.359. The van der Waals surface area contributed by atoms with E-state index in [1.54, 1.807) is 24.3 Å². The van der Waals surface area contributed by atoms with Gasteiger partial charge in [0.05, 0.1) is 15.6 Å². The maximum Gasteiger partial charge on any atom is 0.270 e. The predicted octanol–water partition coefficient (Wildman–Crippen LogP) is 6.28. The highest BCUT2D eigenvalue weighted by atomic mass is 35.5. The third kappa shape index (κ3) is 3.61. The fourth-order valence-electron chi connectivity index (χ4n) is 2.64. The number of carbonyl (C=O) groups is 1. The number of anilines is 1. The lowest BCUT2D eigenvalue weighted by molar-refractivity contribution is -0.113. The van der Waals surface area contributed by atoms with Crippen LogP contribution in [0, 0.1) is 11.6 Å². The first-order chi connectivity index (χ1) is 13.4. The van der Waals surface area contributed by atoms with Crippen molar-refractivity contribution in [3.8, 4) is 11.3 Å². The average molecular weight is 434 g/mol. The van der Waals surface area contributed by atoms with Crippen LogP contribution in [-0.2, 0) is 4.79 Å². The molecule has 1 fully saturated rings. The van der Waals surface area contributed by atoms with E-state index in [1.807, 2.05) is 0 Å². The first kappa shape index (κ1) is 18.9. The molecule has 8 heteroatoms. The van der Waals surface area contributed by atoms with E-state index >= 15 is 0 Å². The molecule has 0 aliphatic carbocycles. The molecule has 4 rings (SSSR count). The van der Waals surface area contributed by atoms with Gasteiger partial charge in [0.1, 0.15) is 23.2 Å². The summed E-state index contributed by atoms with van der Waals surface area (Å²) in [7, 11) is 0. The first-order valence-corrected chi connectivity index (χ1v) is 9.61. The lowest BCUT2D eigenvalue weighted by Crippen LogP contribution is -2.27. The van der Waals surface area contributed by atoms with Crippen LogP contribution in [0.1, 0.15) is 5.76 Å². The molecule has 0 bridgehead atoms. The lowest BCUT2D eigenvalue weighted by atomic mass is 10.2. The summed E-state index contributed by atoms with van der Waals surface area (Å²) in [6.45, 7) is 0. The van der Waals surface area contributed by atoms with Gasteiger partial charge in [0, 0.05) is 11.6 Å². The molecule has 1 amide bonds. The first-order valence-electron chi connectivity index (χ1n) is 8.01. The molecule has 3 nitrogen and oxygen atoms in total. The summed E-state index contributed by atoms with van der Waals surface area (Å²) in [4.78, 5) is 14.4. The van der Waals surface area contributed by atoms with Crippen LogP contribution in [-0.4, -0.2) is 10.2 Å². The van der Waals surface area contributed by atoms with E-state index in [2.05, 4.69) is 0 Å². The van der Waals surface area contributed by atoms with Gasteiger partial charge in [-0.3, -0.25) is 9.69 Å². The minimum atomic E-state index is -0.512. The van der Waals surface area contributed by atoms with Crippen molar-refractivity contribution >= 4 is 57.6 Å². The number of rotatable bonds is 3. The van der Waals surface area contributed by atoms with E-state index in [0.717, 1.165) is 11.8 Å². The van der Waals surface area contributed by atoms with Crippen LogP contribution in [0.5, 0.6) is 0 Å². The largest absolute Gasteiger partial charge is 0.457 e. The minimum Gasteiger partial charge on any atom is -0.457 e. The Labute approximate surface area is 173 Å². The molecular formula is C20H10ClF2NO2S2. The fourth-order valence-corrected chi connectivity index (χ4v) is 4.10. The molecule has 140 valence electrons. The third-order valence-corrected chi connectivity index (χ3v) is 5.57. The van der Waals surface area contributed by atoms with Crippen molar-refractivity contribution in [2.45, 2.75) is 0 Å². The van der Waals surface area contributed by atoms with Crippen LogP contribution >= 0.6 is 35.6 Å². The van der Waals surface area contributed by atoms with Crippen LogP contribution in [0.25, 0.3) is 17.4 Å². The maximum atomic E-state index is 13.3. The van der Waals surface area contributed by atoms with Gasteiger partial charge in [0.15, 0.2) is 4.32 Å². The molecule has 0 N–H and O–H groups in total. The van der Waals surface area contributed by atoms with Gasteiger partial charge in [-0.2, -0.15) is 0 Å². The number of hydrogen-bond acceptors (Lipinski definition) is 4. The smallest absolute Gasteiger partial charge is 0.270 e. The number of hydrogen-bond donors (Lipinski definition) is 0. The molecule has 28 heavy (non-hydrogen) atoms. The summed E-state index contributed by atoms with van der Waals surface area (Å²) in [5, 5.41) is -0.00406. The number of furan rings is 1. The van der Waals surface area contributed by atoms with Gasteiger partial charge in [0.25, 0.3) is 5.91 Å². The molecule has 2 heterocycles. The number of nitrogens with zero attached hydrogens (tertiary/aromatic N) is 1. The van der Waals surface area contributed by atoms with Gasteiger partial charge in [-0.05, 0) is 54.6 Å². The van der Waals surface area contributed by atoms with Gasteiger partial charge < -0.3 is 4.42 Å². The number of halogens is 3. The summed E-state index contributed by atoms with van der Waals surface area (Å²) in [5.41, 5.74) is 1.11. The van der Waals surface area contributed by atoms with E-state index in [1.165, 1.54) is 41.3 Å². The van der Waals surface area contributed by atoms with E-state index < -0.39 is 11.6 Å². The van der Waals surface area contributed by atoms with Crippen molar-refractivity contribution in [3.63, 3.8) is 0 Å². The van der Waals surface area contributed by atoms with Gasteiger partial charge in [0.2, 0.25) is 0 Å². The fraction of sp³-hybridized carbons (Fsp3) is 0. The number of thiocarbonyl (C=S) groups is 1. The molecule has 0 saturated carbocycles. The third-order valence-electron chi connectivity index (χ3n) is 3.98. The second-order valence-corrected chi connectivity index (χ2v) is 7.91. The van der Waals surface area contributed by atoms with E-state index in [4.69, 9.17) is 28.2 Å². The van der Waals surface area contributed by atoms with Crippen LogP contribution < -0.4 is 4.90 Å². The highest BCUT2D eigenvalue weighted by Gasteiger charge is 2.33. The SMILES string of the molecule is O=C1/C(=C\c2ccc(-c3ccc(F)c(Cl)c3)o2)SC(=S)N1c1ccc(F)cc1. The maximum absolute atomic E-state index is 13.3. The second-order valence-electron chi connectivity index (χ2n) is 5.82. The molecule has 1 aliphatic heterocycles. The highest BCUT2D eigenvalue weighted by Crippen LogP contribution is 2.36. The number of thioether (sulfide) groups is 1. The van der Waals surface area contributed by atoms with Crippen LogP contribution in [0.2, 0.25) is 5.02 Å². The van der Waals surface area contributed by atoms with E-state index in [-0.39, 0.29) is 10.9 Å². The Balaban J connectivity index is 1.60. The molecular weight excluding hydrogens is 424 g/mol. The van der Waals surface area contributed by atoms with Crippen LogP contribution in [0.3, 0.4) is 0 Å². The van der Waals surface area contributed by atoms with Crippen LogP contribution in [0.4, 0.5) is 14.5 Å². The summed E-state index contributed by atoms with van der Waals surface area (Å²) in [5.74, 6) is -0.294. The molecule has 3 aromatic rings. The van der Waals surface area contributed by atoms with Crippen molar-refractivity contribution in [2.75, 3.05) is 4.90 Å². The lowest BCUT2D eigenvalue weighted by Gasteiger charge is -2.14. The zero-order chi connectivity index (χ0) is 19.8. The van der Waals surface area contributed by atoms with Gasteiger partial charge in [-0.25, -0.2) is 8.78 Å². The molecule has 0 unspecified atom stereocenters. The monoisotopic (exact) mass is 433 g/mol. The average Bonchev–Trinajstić information content (AvgIpc) is 3.24. The van der Waals surface area contributed by atoms with Crippen LogP contribution in [0.15, 0.2) is 63.9 Å². The normalized spacial score (nSPS) is 15.7. The Hall–Kier alpha value is -2.48. The standard InChI is InChI=1S/C20H10ClF2NO2S2/c21-15-9-11(1-7-16(15)23)17-8-6-14(26-17)10-18-19(25)24(20(27)28-18)13-4-2-12(22)3-5-13/h1-10H/b18-10+. The zero-order valence-electron chi connectivity index (χ0n) is 14.0. The van der Waals surface area contributed by atoms with E-state index in [0.29, 0.717) is 32.0 Å². The Bertz CT molecular complexity index is 1130. The Morgan fingerprint density at radius 2 is 1.82 bits per heavy atom. The molecule has 0 atom stereocenters. The number of carbonyl (C=O) groups excluding carboxylic acids is 1. The zero-order valence-corrected chi connectivity index (χ0v) is 16.4. The van der Waals surface area contributed by atoms with Crippen molar-refractivity contribution in [1.29, 1.82) is 0 Å². The minimum absolute atomic E-state index is 0.00406. The van der Waals surface area contributed by atoms with E-state index in [9.17, 15) is 13.6 Å². The highest BCUT2D eigenvalue weighted by molar-refractivity contribution is 8.27. The molecule has 1 aromatic heterocycles. The summed E-state index contributed by atoms with van der Waals surface area (Å²) in [6.07, 6.45) is 1.58. The molecule has 0 spiro atoms. The Kier molecular flexibility index (Phi) is 5.05. The molecule has 2 aromatic carbocycles. The van der Waals surface area contributed by atoms with Crippen molar-refractivity contribution in [2.24, 2.45) is 0 Å². The molecule has 0 radical (unpaired) electrons. The second kappa shape index (κ2) is 7.50.